The van der Waals surface area contributed by atoms with Crippen molar-refractivity contribution in [2.75, 3.05) is 26.2 Å². The van der Waals surface area contributed by atoms with E-state index in [1.54, 1.807) is 0 Å². The number of amides is 1. The number of hydrogen-bond donors (Lipinski definition) is 1. The quantitative estimate of drug-likeness (QED) is 0.769. The molecule has 0 aromatic carbocycles. The van der Waals surface area contributed by atoms with E-state index in [0.29, 0.717) is 6.04 Å². The number of likely N-dealkylation sites (tertiary alicyclic amines) is 1. The van der Waals surface area contributed by atoms with Gasteiger partial charge in [0.25, 0.3) is 0 Å². The second-order valence-corrected chi connectivity index (χ2v) is 4.67. The Morgan fingerprint density at radius 3 is 3.00 bits per heavy atom. The minimum absolute atomic E-state index is 0.0838. The van der Waals surface area contributed by atoms with Crippen LogP contribution in [0.5, 0.6) is 0 Å². The molecule has 92 valence electrons. The molecule has 2 aliphatic heterocycles. The molecule has 0 aromatic rings. The SMILES string of the molecule is CCN1CCC[C@@H]1CNC(=O)[C@@H]1CCCO1. The van der Waals surface area contributed by atoms with E-state index in [4.69, 9.17) is 4.74 Å². The molecule has 0 radical (unpaired) electrons. The zero-order valence-electron chi connectivity index (χ0n) is 10.1. The fraction of sp³-hybridized carbons (Fsp3) is 0.917. The molecule has 2 aliphatic rings. The molecule has 0 spiro atoms. The van der Waals surface area contributed by atoms with Gasteiger partial charge in [-0.3, -0.25) is 9.69 Å². The Labute approximate surface area is 97.3 Å². The number of rotatable bonds is 4. The molecule has 0 bridgehead atoms. The zero-order valence-corrected chi connectivity index (χ0v) is 10.1. The maximum Gasteiger partial charge on any atom is 0.249 e. The normalized spacial score (nSPS) is 30.8. The monoisotopic (exact) mass is 226 g/mol. The van der Waals surface area contributed by atoms with Crippen molar-refractivity contribution in [2.45, 2.75) is 44.8 Å². The Kier molecular flexibility index (Phi) is 4.18. The second kappa shape index (κ2) is 5.64. The first-order chi connectivity index (χ1) is 7.81. The van der Waals surface area contributed by atoms with E-state index in [1.165, 1.54) is 19.4 Å². The summed E-state index contributed by atoms with van der Waals surface area (Å²) in [6, 6.07) is 0.537. The average Bonchev–Trinajstić information content (AvgIpc) is 2.96. The molecule has 4 nitrogen and oxygen atoms in total. The van der Waals surface area contributed by atoms with Crippen molar-refractivity contribution in [3.05, 3.63) is 0 Å². The summed E-state index contributed by atoms with van der Waals surface area (Å²) in [5, 5.41) is 3.03. The lowest BCUT2D eigenvalue weighted by Gasteiger charge is -2.23. The van der Waals surface area contributed by atoms with Gasteiger partial charge in [0.1, 0.15) is 6.10 Å². The molecule has 2 saturated heterocycles. The molecule has 4 heteroatoms. The molecule has 0 unspecified atom stereocenters. The van der Waals surface area contributed by atoms with Gasteiger partial charge >= 0.3 is 0 Å². The second-order valence-electron chi connectivity index (χ2n) is 4.67. The molecule has 2 heterocycles. The van der Waals surface area contributed by atoms with Crippen LogP contribution < -0.4 is 5.32 Å². The number of likely N-dealkylation sites (N-methyl/N-ethyl adjacent to an activating group) is 1. The lowest BCUT2D eigenvalue weighted by Crippen LogP contribution is -2.43. The lowest BCUT2D eigenvalue weighted by molar-refractivity contribution is -0.130. The van der Waals surface area contributed by atoms with Gasteiger partial charge in [0, 0.05) is 19.2 Å². The summed E-state index contributed by atoms with van der Waals surface area (Å²) in [4.78, 5) is 14.2. The molecular formula is C12H22N2O2. The minimum atomic E-state index is -0.184. The predicted octanol–water partition coefficient (Wildman–Crippen LogP) is 0.766. The first-order valence-corrected chi connectivity index (χ1v) is 6.44. The fourth-order valence-corrected chi connectivity index (χ4v) is 2.66. The smallest absolute Gasteiger partial charge is 0.249 e. The maximum absolute atomic E-state index is 11.7. The summed E-state index contributed by atoms with van der Waals surface area (Å²) in [6.07, 6.45) is 4.18. The van der Waals surface area contributed by atoms with Crippen LogP contribution in [0.4, 0.5) is 0 Å². The van der Waals surface area contributed by atoms with Crippen LogP contribution in [0.2, 0.25) is 0 Å². The Bertz CT molecular complexity index is 239. The van der Waals surface area contributed by atoms with E-state index in [9.17, 15) is 4.79 Å². The Morgan fingerprint density at radius 1 is 1.44 bits per heavy atom. The largest absolute Gasteiger partial charge is 0.368 e. The van der Waals surface area contributed by atoms with Crippen molar-refractivity contribution in [3.8, 4) is 0 Å². The summed E-state index contributed by atoms with van der Waals surface area (Å²) in [5.74, 6) is 0.0838. The third kappa shape index (κ3) is 2.74. The highest BCUT2D eigenvalue weighted by Gasteiger charge is 2.26. The van der Waals surface area contributed by atoms with Crippen molar-refractivity contribution < 1.29 is 9.53 Å². The molecule has 1 amide bonds. The van der Waals surface area contributed by atoms with Crippen LogP contribution >= 0.6 is 0 Å². The van der Waals surface area contributed by atoms with Crippen molar-refractivity contribution in [2.24, 2.45) is 0 Å². The van der Waals surface area contributed by atoms with Crippen LogP contribution in [-0.2, 0) is 9.53 Å². The van der Waals surface area contributed by atoms with Crippen molar-refractivity contribution in [1.82, 2.24) is 10.2 Å². The molecule has 0 saturated carbocycles. The van der Waals surface area contributed by atoms with Crippen molar-refractivity contribution >= 4 is 5.91 Å². The van der Waals surface area contributed by atoms with E-state index in [0.717, 1.165) is 32.5 Å². The van der Waals surface area contributed by atoms with Gasteiger partial charge in [-0.15, -0.1) is 0 Å². The number of nitrogens with zero attached hydrogens (tertiary/aromatic N) is 1. The number of carbonyl (C=O) groups excluding carboxylic acids is 1. The molecule has 0 aromatic heterocycles. The van der Waals surface area contributed by atoms with Crippen molar-refractivity contribution in [3.63, 3.8) is 0 Å². The van der Waals surface area contributed by atoms with Gasteiger partial charge < -0.3 is 10.1 Å². The minimum Gasteiger partial charge on any atom is -0.368 e. The van der Waals surface area contributed by atoms with E-state index in [1.807, 2.05) is 0 Å². The van der Waals surface area contributed by atoms with Crippen molar-refractivity contribution in [1.29, 1.82) is 0 Å². The van der Waals surface area contributed by atoms with Gasteiger partial charge in [0.05, 0.1) is 0 Å². The Morgan fingerprint density at radius 2 is 2.31 bits per heavy atom. The topological polar surface area (TPSA) is 41.6 Å². The van der Waals surface area contributed by atoms with Crippen LogP contribution in [0.3, 0.4) is 0 Å². The lowest BCUT2D eigenvalue weighted by atomic mass is 10.2. The predicted molar refractivity (Wildman–Crippen MR) is 62.3 cm³/mol. The van der Waals surface area contributed by atoms with Gasteiger partial charge in [-0.25, -0.2) is 0 Å². The molecule has 2 atom stereocenters. The van der Waals surface area contributed by atoms with Crippen LogP contribution in [0, 0.1) is 0 Å². The number of hydrogen-bond acceptors (Lipinski definition) is 3. The van der Waals surface area contributed by atoms with Crippen LogP contribution in [-0.4, -0.2) is 49.2 Å². The highest BCUT2D eigenvalue weighted by atomic mass is 16.5. The van der Waals surface area contributed by atoms with Gasteiger partial charge in [0.15, 0.2) is 0 Å². The van der Waals surface area contributed by atoms with Gasteiger partial charge in [-0.1, -0.05) is 6.92 Å². The Hall–Kier alpha value is -0.610. The third-order valence-corrected chi connectivity index (χ3v) is 3.64. The highest BCUT2D eigenvalue weighted by molar-refractivity contribution is 5.80. The molecule has 0 aliphatic carbocycles. The average molecular weight is 226 g/mol. The molecular weight excluding hydrogens is 204 g/mol. The highest BCUT2D eigenvalue weighted by Crippen LogP contribution is 2.16. The fourth-order valence-electron chi connectivity index (χ4n) is 2.66. The zero-order chi connectivity index (χ0) is 11.4. The van der Waals surface area contributed by atoms with Gasteiger partial charge in [-0.2, -0.15) is 0 Å². The summed E-state index contributed by atoms with van der Waals surface area (Å²) < 4.78 is 5.36. The van der Waals surface area contributed by atoms with Gasteiger partial charge in [0.2, 0.25) is 5.91 Å². The summed E-state index contributed by atoms with van der Waals surface area (Å²) in [7, 11) is 0. The van der Waals surface area contributed by atoms with Crippen LogP contribution in [0.1, 0.15) is 32.6 Å². The number of carbonyl (C=O) groups is 1. The number of ether oxygens (including phenoxy) is 1. The van der Waals surface area contributed by atoms with Crippen LogP contribution in [0.15, 0.2) is 0 Å². The van der Waals surface area contributed by atoms with E-state index in [-0.39, 0.29) is 12.0 Å². The summed E-state index contributed by atoms with van der Waals surface area (Å²) in [5.41, 5.74) is 0. The molecule has 16 heavy (non-hydrogen) atoms. The third-order valence-electron chi connectivity index (χ3n) is 3.64. The Balaban J connectivity index is 1.71. The molecule has 2 rings (SSSR count). The summed E-state index contributed by atoms with van der Waals surface area (Å²) >= 11 is 0. The first-order valence-electron chi connectivity index (χ1n) is 6.44. The van der Waals surface area contributed by atoms with Crippen LogP contribution in [0.25, 0.3) is 0 Å². The van der Waals surface area contributed by atoms with Gasteiger partial charge in [-0.05, 0) is 38.8 Å². The molecule has 2 fully saturated rings. The van der Waals surface area contributed by atoms with E-state index in [2.05, 4.69) is 17.1 Å². The standard InChI is InChI=1S/C12H22N2O2/c1-2-14-7-3-5-10(14)9-13-12(15)11-6-4-8-16-11/h10-11H,2-9H2,1H3,(H,13,15)/t10-,11+/m1/s1. The summed E-state index contributed by atoms with van der Waals surface area (Å²) in [6.45, 7) is 5.97. The molecule has 1 N–H and O–H groups in total. The maximum atomic E-state index is 11.7. The first kappa shape index (κ1) is 11.9. The number of nitrogens with one attached hydrogen (secondary N) is 1. The van der Waals surface area contributed by atoms with E-state index < -0.39 is 0 Å². The van der Waals surface area contributed by atoms with E-state index >= 15 is 0 Å².